The van der Waals surface area contributed by atoms with Crippen molar-refractivity contribution in [1.82, 2.24) is 4.98 Å². The highest BCUT2D eigenvalue weighted by atomic mass is 79.9. The minimum Gasteiger partial charge on any atom is -0.397 e. The summed E-state index contributed by atoms with van der Waals surface area (Å²) in [5, 5.41) is 2.09. The van der Waals surface area contributed by atoms with Crippen LogP contribution in [-0.2, 0) is 0 Å². The summed E-state index contributed by atoms with van der Waals surface area (Å²) in [7, 11) is 2.04. The lowest BCUT2D eigenvalue weighted by Gasteiger charge is -2.26. The number of hydrogen-bond acceptors (Lipinski definition) is 4. The summed E-state index contributed by atoms with van der Waals surface area (Å²) >= 11 is 5.25. The van der Waals surface area contributed by atoms with Crippen molar-refractivity contribution in [2.24, 2.45) is 0 Å². The third-order valence-electron chi connectivity index (χ3n) is 2.71. The summed E-state index contributed by atoms with van der Waals surface area (Å²) in [5.41, 5.74) is 6.35. The van der Waals surface area contributed by atoms with Crippen molar-refractivity contribution in [3.8, 4) is 0 Å². The van der Waals surface area contributed by atoms with E-state index >= 15 is 0 Å². The van der Waals surface area contributed by atoms with E-state index in [1.807, 2.05) is 13.1 Å². The number of aromatic nitrogens is 1. The Morgan fingerprint density at radius 3 is 2.88 bits per heavy atom. The van der Waals surface area contributed by atoms with Crippen LogP contribution in [0.2, 0.25) is 0 Å². The molecule has 2 rings (SSSR count). The van der Waals surface area contributed by atoms with Crippen LogP contribution in [0.3, 0.4) is 0 Å². The van der Waals surface area contributed by atoms with Crippen molar-refractivity contribution < 1.29 is 0 Å². The molecular formula is C12H14BrN3S. The van der Waals surface area contributed by atoms with Crippen molar-refractivity contribution >= 4 is 38.8 Å². The Morgan fingerprint density at radius 1 is 1.53 bits per heavy atom. The van der Waals surface area contributed by atoms with E-state index in [2.05, 4.69) is 50.3 Å². The van der Waals surface area contributed by atoms with Crippen LogP contribution in [0.5, 0.6) is 0 Å². The molecule has 2 aromatic heterocycles. The van der Waals surface area contributed by atoms with E-state index < -0.39 is 0 Å². The fraction of sp³-hybridized carbons (Fsp3) is 0.250. The third-order valence-corrected chi connectivity index (χ3v) is 4.34. The highest BCUT2D eigenvalue weighted by Crippen LogP contribution is 2.32. The van der Waals surface area contributed by atoms with Crippen molar-refractivity contribution in [2.75, 3.05) is 17.7 Å². The van der Waals surface area contributed by atoms with E-state index in [-0.39, 0.29) is 0 Å². The Kier molecular flexibility index (Phi) is 3.69. The molecule has 17 heavy (non-hydrogen) atoms. The van der Waals surface area contributed by atoms with Gasteiger partial charge in [0.25, 0.3) is 0 Å². The number of pyridine rings is 1. The van der Waals surface area contributed by atoms with Crippen molar-refractivity contribution in [1.29, 1.82) is 0 Å². The van der Waals surface area contributed by atoms with Gasteiger partial charge in [0.2, 0.25) is 0 Å². The first-order chi connectivity index (χ1) is 8.09. The molecule has 0 radical (unpaired) electrons. The second kappa shape index (κ2) is 5.06. The Morgan fingerprint density at radius 2 is 2.29 bits per heavy atom. The first-order valence-electron chi connectivity index (χ1n) is 5.27. The standard InChI is InChI=1S/C12H14BrN3S/c1-8(11-4-3-5-17-11)16(2)12-10(13)6-9(14)7-15-12/h3-8H,14H2,1-2H3. The van der Waals surface area contributed by atoms with Crippen LogP contribution in [0.4, 0.5) is 11.5 Å². The Labute approximate surface area is 113 Å². The van der Waals surface area contributed by atoms with E-state index in [1.54, 1.807) is 17.5 Å². The first-order valence-corrected chi connectivity index (χ1v) is 6.94. The number of halogens is 1. The second-order valence-corrected chi connectivity index (χ2v) is 5.71. The lowest BCUT2D eigenvalue weighted by Crippen LogP contribution is -2.22. The van der Waals surface area contributed by atoms with Crippen molar-refractivity contribution in [3.05, 3.63) is 39.1 Å². The molecule has 0 aliphatic heterocycles. The zero-order valence-corrected chi connectivity index (χ0v) is 12.1. The molecule has 0 fully saturated rings. The van der Waals surface area contributed by atoms with Crippen LogP contribution in [0.25, 0.3) is 0 Å². The molecule has 0 amide bonds. The summed E-state index contributed by atoms with van der Waals surface area (Å²) in [5.74, 6) is 0.903. The molecule has 0 bridgehead atoms. The van der Waals surface area contributed by atoms with Gasteiger partial charge in [-0.3, -0.25) is 0 Å². The fourth-order valence-corrected chi connectivity index (χ4v) is 3.08. The maximum Gasteiger partial charge on any atom is 0.143 e. The monoisotopic (exact) mass is 311 g/mol. The summed E-state index contributed by atoms with van der Waals surface area (Å²) < 4.78 is 0.920. The predicted octanol–water partition coefficient (Wildman–Crippen LogP) is 3.69. The van der Waals surface area contributed by atoms with Gasteiger partial charge < -0.3 is 10.6 Å². The van der Waals surface area contributed by atoms with Gasteiger partial charge in [0.05, 0.1) is 22.4 Å². The summed E-state index contributed by atoms with van der Waals surface area (Å²) in [6.07, 6.45) is 1.68. The van der Waals surface area contributed by atoms with Gasteiger partial charge in [0, 0.05) is 11.9 Å². The predicted molar refractivity (Wildman–Crippen MR) is 77.5 cm³/mol. The highest BCUT2D eigenvalue weighted by molar-refractivity contribution is 9.10. The first kappa shape index (κ1) is 12.4. The van der Waals surface area contributed by atoms with Gasteiger partial charge >= 0.3 is 0 Å². The van der Waals surface area contributed by atoms with Crippen molar-refractivity contribution in [3.63, 3.8) is 0 Å². The summed E-state index contributed by atoms with van der Waals surface area (Å²) in [6.45, 7) is 2.16. The zero-order valence-electron chi connectivity index (χ0n) is 9.72. The normalized spacial score (nSPS) is 12.4. The Hall–Kier alpha value is -1.07. The van der Waals surface area contributed by atoms with Crippen LogP contribution >= 0.6 is 27.3 Å². The fourth-order valence-electron chi connectivity index (χ4n) is 1.61. The Balaban J connectivity index is 2.28. The van der Waals surface area contributed by atoms with E-state index in [0.29, 0.717) is 11.7 Å². The minimum absolute atomic E-state index is 0.294. The van der Waals surface area contributed by atoms with E-state index in [4.69, 9.17) is 5.73 Å². The molecule has 2 aromatic rings. The quantitative estimate of drug-likeness (QED) is 0.940. The molecule has 2 heterocycles. The van der Waals surface area contributed by atoms with Gasteiger partial charge in [-0.1, -0.05) is 6.07 Å². The number of nitrogens with two attached hydrogens (primary N) is 1. The Bertz CT molecular complexity index is 498. The van der Waals surface area contributed by atoms with Gasteiger partial charge in [0.15, 0.2) is 0 Å². The number of thiophene rings is 1. The molecule has 90 valence electrons. The largest absolute Gasteiger partial charge is 0.397 e. The summed E-state index contributed by atoms with van der Waals surface area (Å²) in [6, 6.07) is 6.37. The van der Waals surface area contributed by atoms with Gasteiger partial charge in [-0.2, -0.15) is 0 Å². The SMILES string of the molecule is CC(c1cccs1)N(C)c1ncc(N)cc1Br. The van der Waals surface area contributed by atoms with E-state index in [9.17, 15) is 0 Å². The van der Waals surface area contributed by atoms with E-state index in [1.165, 1.54) is 4.88 Å². The van der Waals surface area contributed by atoms with E-state index in [0.717, 1.165) is 10.3 Å². The van der Waals surface area contributed by atoms with Gasteiger partial charge in [0.1, 0.15) is 5.82 Å². The average Bonchev–Trinajstić information content (AvgIpc) is 2.80. The van der Waals surface area contributed by atoms with Crippen LogP contribution in [0.15, 0.2) is 34.2 Å². The smallest absolute Gasteiger partial charge is 0.143 e. The molecule has 0 saturated heterocycles. The zero-order chi connectivity index (χ0) is 12.4. The number of rotatable bonds is 3. The van der Waals surface area contributed by atoms with Crippen LogP contribution in [0.1, 0.15) is 17.8 Å². The lowest BCUT2D eigenvalue weighted by atomic mass is 10.2. The van der Waals surface area contributed by atoms with Gasteiger partial charge in [-0.05, 0) is 40.4 Å². The molecule has 0 aliphatic rings. The molecular weight excluding hydrogens is 298 g/mol. The number of nitrogen functional groups attached to an aromatic ring is 1. The number of nitrogens with zero attached hydrogens (tertiary/aromatic N) is 2. The molecule has 1 unspecified atom stereocenters. The molecule has 0 aliphatic carbocycles. The average molecular weight is 312 g/mol. The highest BCUT2D eigenvalue weighted by Gasteiger charge is 2.16. The summed E-state index contributed by atoms with van der Waals surface area (Å²) in [4.78, 5) is 7.82. The maximum atomic E-state index is 5.69. The van der Waals surface area contributed by atoms with Gasteiger partial charge in [-0.15, -0.1) is 11.3 Å². The molecule has 1 atom stereocenters. The molecule has 0 saturated carbocycles. The topological polar surface area (TPSA) is 42.2 Å². The number of hydrogen-bond donors (Lipinski definition) is 1. The molecule has 2 N–H and O–H groups in total. The van der Waals surface area contributed by atoms with Crippen LogP contribution in [-0.4, -0.2) is 12.0 Å². The lowest BCUT2D eigenvalue weighted by molar-refractivity contribution is 0.740. The van der Waals surface area contributed by atoms with Crippen molar-refractivity contribution in [2.45, 2.75) is 13.0 Å². The molecule has 3 nitrogen and oxygen atoms in total. The number of anilines is 2. The second-order valence-electron chi connectivity index (χ2n) is 3.88. The minimum atomic E-state index is 0.294. The van der Waals surface area contributed by atoms with Crippen LogP contribution < -0.4 is 10.6 Å². The van der Waals surface area contributed by atoms with Crippen LogP contribution in [0, 0.1) is 0 Å². The molecule has 5 heteroatoms. The van der Waals surface area contributed by atoms with Gasteiger partial charge in [-0.25, -0.2) is 4.98 Å². The molecule has 0 spiro atoms. The third kappa shape index (κ3) is 2.61. The molecule has 0 aromatic carbocycles. The maximum absolute atomic E-state index is 5.69.